The highest BCUT2D eigenvalue weighted by Gasteiger charge is 2.10. The summed E-state index contributed by atoms with van der Waals surface area (Å²) in [6, 6.07) is 9.70. The molecule has 1 unspecified atom stereocenters. The van der Waals surface area contributed by atoms with Gasteiger partial charge in [0.2, 0.25) is 5.91 Å². The first-order valence-corrected chi connectivity index (χ1v) is 7.15. The van der Waals surface area contributed by atoms with Gasteiger partial charge >= 0.3 is 0 Å². The molecular weight excluding hydrogens is 320 g/mol. The molecule has 0 bridgehead atoms. The number of anilines is 2. The lowest BCUT2D eigenvalue weighted by Crippen LogP contribution is -2.09. The molecule has 0 aliphatic rings. The third-order valence-corrected chi connectivity index (χ3v) is 3.37. The first-order valence-electron chi connectivity index (χ1n) is 6.35. The molecular formula is C15H17BrN2O2. The molecule has 1 atom stereocenters. The predicted molar refractivity (Wildman–Crippen MR) is 83.9 cm³/mol. The molecule has 1 aromatic heterocycles. The molecule has 0 saturated heterocycles. The van der Waals surface area contributed by atoms with Crippen LogP contribution in [0.4, 0.5) is 11.4 Å². The van der Waals surface area contributed by atoms with Gasteiger partial charge in [0, 0.05) is 18.3 Å². The zero-order valence-corrected chi connectivity index (χ0v) is 13.2. The number of halogens is 1. The Kier molecular flexibility index (Phi) is 4.49. The lowest BCUT2D eigenvalue weighted by atomic mass is 10.1. The summed E-state index contributed by atoms with van der Waals surface area (Å²) < 4.78 is 6.24. The van der Waals surface area contributed by atoms with Gasteiger partial charge in [0.1, 0.15) is 5.76 Å². The van der Waals surface area contributed by atoms with E-state index in [9.17, 15) is 4.79 Å². The third-order valence-electron chi connectivity index (χ3n) is 2.94. The molecule has 0 radical (unpaired) electrons. The van der Waals surface area contributed by atoms with Gasteiger partial charge in [-0.1, -0.05) is 0 Å². The monoisotopic (exact) mass is 336 g/mol. The molecule has 2 aromatic rings. The standard InChI is InChI=1S/C15H17BrN2O2/c1-9-8-12(4-5-13(9)18-11(3)19)17-10(2)14-6-7-15(16)20-14/h4-8,10,17H,1-3H3,(H,18,19). The number of nitrogens with one attached hydrogen (secondary N) is 2. The summed E-state index contributed by atoms with van der Waals surface area (Å²) in [5.41, 5.74) is 2.83. The van der Waals surface area contributed by atoms with Crippen molar-refractivity contribution in [2.75, 3.05) is 10.6 Å². The van der Waals surface area contributed by atoms with Crippen LogP contribution in [0.3, 0.4) is 0 Å². The minimum Gasteiger partial charge on any atom is -0.452 e. The molecule has 0 aliphatic heterocycles. The van der Waals surface area contributed by atoms with E-state index in [2.05, 4.69) is 26.6 Å². The first kappa shape index (κ1) is 14.7. The van der Waals surface area contributed by atoms with E-state index >= 15 is 0 Å². The van der Waals surface area contributed by atoms with Crippen molar-refractivity contribution in [3.63, 3.8) is 0 Å². The van der Waals surface area contributed by atoms with E-state index < -0.39 is 0 Å². The fourth-order valence-corrected chi connectivity index (χ4v) is 2.28. The number of carbonyl (C=O) groups excluding carboxylic acids is 1. The predicted octanol–water partition coefficient (Wildman–Crippen LogP) is 4.48. The van der Waals surface area contributed by atoms with Crippen molar-refractivity contribution < 1.29 is 9.21 Å². The second kappa shape index (κ2) is 6.13. The van der Waals surface area contributed by atoms with Crippen LogP contribution in [-0.4, -0.2) is 5.91 Å². The van der Waals surface area contributed by atoms with Crippen LogP contribution in [0.15, 0.2) is 39.4 Å². The Balaban J connectivity index is 2.10. The molecule has 4 nitrogen and oxygen atoms in total. The first-order chi connectivity index (χ1) is 9.45. The number of carbonyl (C=O) groups is 1. The summed E-state index contributed by atoms with van der Waals surface area (Å²) >= 11 is 3.30. The van der Waals surface area contributed by atoms with E-state index in [-0.39, 0.29) is 11.9 Å². The summed E-state index contributed by atoms with van der Waals surface area (Å²) in [5.74, 6) is 0.795. The van der Waals surface area contributed by atoms with Crippen LogP contribution >= 0.6 is 15.9 Å². The largest absolute Gasteiger partial charge is 0.452 e. The maximum Gasteiger partial charge on any atom is 0.221 e. The van der Waals surface area contributed by atoms with Crippen molar-refractivity contribution in [1.29, 1.82) is 0 Å². The Hall–Kier alpha value is -1.75. The number of amides is 1. The van der Waals surface area contributed by atoms with E-state index in [1.807, 2.05) is 44.2 Å². The maximum atomic E-state index is 11.1. The summed E-state index contributed by atoms with van der Waals surface area (Å²) in [6.45, 7) is 5.50. The van der Waals surface area contributed by atoms with Crippen molar-refractivity contribution in [2.45, 2.75) is 26.8 Å². The second-order valence-electron chi connectivity index (χ2n) is 4.72. The van der Waals surface area contributed by atoms with Gasteiger partial charge in [-0.2, -0.15) is 0 Å². The number of hydrogen-bond acceptors (Lipinski definition) is 3. The molecule has 20 heavy (non-hydrogen) atoms. The van der Waals surface area contributed by atoms with Gasteiger partial charge in [0.25, 0.3) is 0 Å². The van der Waals surface area contributed by atoms with E-state index in [4.69, 9.17) is 4.42 Å². The Morgan fingerprint density at radius 2 is 2.05 bits per heavy atom. The summed E-state index contributed by atoms with van der Waals surface area (Å²) in [5, 5.41) is 6.16. The van der Waals surface area contributed by atoms with Crippen LogP contribution in [0.2, 0.25) is 0 Å². The number of rotatable bonds is 4. The fourth-order valence-electron chi connectivity index (χ4n) is 1.97. The van der Waals surface area contributed by atoms with Crippen LogP contribution in [0.1, 0.15) is 31.2 Å². The second-order valence-corrected chi connectivity index (χ2v) is 5.50. The summed E-state index contributed by atoms with van der Waals surface area (Å²) in [6.07, 6.45) is 0. The Labute approximate surface area is 126 Å². The van der Waals surface area contributed by atoms with Crippen molar-refractivity contribution in [3.05, 3.63) is 46.3 Å². The normalized spacial score (nSPS) is 12.0. The smallest absolute Gasteiger partial charge is 0.221 e. The van der Waals surface area contributed by atoms with Gasteiger partial charge in [0.05, 0.1) is 6.04 Å². The highest BCUT2D eigenvalue weighted by atomic mass is 79.9. The molecule has 1 amide bonds. The van der Waals surface area contributed by atoms with Crippen molar-refractivity contribution in [3.8, 4) is 0 Å². The van der Waals surface area contributed by atoms with Gasteiger partial charge < -0.3 is 15.1 Å². The zero-order valence-electron chi connectivity index (χ0n) is 11.7. The van der Waals surface area contributed by atoms with Crippen LogP contribution in [-0.2, 0) is 4.79 Å². The molecule has 106 valence electrons. The quantitative estimate of drug-likeness (QED) is 0.865. The van der Waals surface area contributed by atoms with E-state index in [0.29, 0.717) is 0 Å². The average Bonchev–Trinajstić information content (AvgIpc) is 2.79. The molecule has 0 spiro atoms. The molecule has 1 heterocycles. The lowest BCUT2D eigenvalue weighted by Gasteiger charge is -2.15. The summed E-state index contributed by atoms with van der Waals surface area (Å²) in [4.78, 5) is 11.1. The molecule has 5 heteroatoms. The Morgan fingerprint density at radius 3 is 2.60 bits per heavy atom. The number of aryl methyl sites for hydroxylation is 1. The fraction of sp³-hybridized carbons (Fsp3) is 0.267. The van der Waals surface area contributed by atoms with Crippen LogP contribution in [0, 0.1) is 6.92 Å². The molecule has 0 fully saturated rings. The Morgan fingerprint density at radius 1 is 1.30 bits per heavy atom. The highest BCUT2D eigenvalue weighted by molar-refractivity contribution is 9.10. The van der Waals surface area contributed by atoms with Crippen LogP contribution < -0.4 is 10.6 Å². The van der Waals surface area contributed by atoms with E-state index in [1.165, 1.54) is 6.92 Å². The molecule has 1 aromatic carbocycles. The number of benzene rings is 1. The minimum atomic E-state index is -0.0670. The number of furan rings is 1. The summed E-state index contributed by atoms with van der Waals surface area (Å²) in [7, 11) is 0. The topological polar surface area (TPSA) is 54.3 Å². The van der Waals surface area contributed by atoms with Crippen molar-refractivity contribution in [1.82, 2.24) is 0 Å². The minimum absolute atomic E-state index is 0.0623. The van der Waals surface area contributed by atoms with Crippen molar-refractivity contribution in [2.24, 2.45) is 0 Å². The van der Waals surface area contributed by atoms with Gasteiger partial charge in [-0.25, -0.2) is 0 Å². The zero-order chi connectivity index (χ0) is 14.7. The van der Waals surface area contributed by atoms with Gasteiger partial charge in [-0.05, 0) is 65.7 Å². The Bertz CT molecular complexity index is 622. The van der Waals surface area contributed by atoms with Crippen LogP contribution in [0.5, 0.6) is 0 Å². The van der Waals surface area contributed by atoms with Gasteiger partial charge in [0.15, 0.2) is 4.67 Å². The SMILES string of the molecule is CC(=O)Nc1ccc(NC(C)c2ccc(Br)o2)cc1C. The molecule has 2 N–H and O–H groups in total. The van der Waals surface area contributed by atoms with Crippen molar-refractivity contribution >= 4 is 33.2 Å². The van der Waals surface area contributed by atoms with Gasteiger partial charge in [-0.15, -0.1) is 0 Å². The lowest BCUT2D eigenvalue weighted by molar-refractivity contribution is -0.114. The van der Waals surface area contributed by atoms with E-state index in [1.54, 1.807) is 0 Å². The van der Waals surface area contributed by atoms with Crippen LogP contribution in [0.25, 0.3) is 0 Å². The highest BCUT2D eigenvalue weighted by Crippen LogP contribution is 2.26. The number of hydrogen-bond donors (Lipinski definition) is 2. The maximum absolute atomic E-state index is 11.1. The third kappa shape index (κ3) is 3.63. The molecule has 0 aliphatic carbocycles. The molecule has 0 saturated carbocycles. The average molecular weight is 337 g/mol. The molecule has 2 rings (SSSR count). The van der Waals surface area contributed by atoms with E-state index in [0.717, 1.165) is 27.4 Å². The van der Waals surface area contributed by atoms with Gasteiger partial charge in [-0.3, -0.25) is 4.79 Å².